The Hall–Kier alpha value is -1.69. The van der Waals surface area contributed by atoms with Gasteiger partial charge in [0.25, 0.3) is 0 Å². The van der Waals surface area contributed by atoms with Gasteiger partial charge in [0.1, 0.15) is 10.6 Å². The molecule has 1 amide bonds. The first-order chi connectivity index (χ1) is 9.69. The Morgan fingerprint density at radius 3 is 3.15 bits per heavy atom. The topological polar surface area (TPSA) is 58.1 Å². The summed E-state index contributed by atoms with van der Waals surface area (Å²) in [6, 6.07) is 2.02. The van der Waals surface area contributed by atoms with E-state index < -0.39 is 0 Å². The summed E-state index contributed by atoms with van der Waals surface area (Å²) in [6.45, 7) is 3.31. The number of likely N-dealkylation sites (tertiary alicyclic amines) is 1. The minimum absolute atomic E-state index is 0.123. The summed E-state index contributed by atoms with van der Waals surface area (Å²) in [4.78, 5) is 24.1. The zero-order valence-electron chi connectivity index (χ0n) is 11.7. The van der Waals surface area contributed by atoms with Crippen molar-refractivity contribution < 1.29 is 4.79 Å². The number of hydrogen-bond acceptors (Lipinski definition) is 5. The highest BCUT2D eigenvalue weighted by atomic mass is 32.1. The van der Waals surface area contributed by atoms with Gasteiger partial charge in [-0.2, -0.15) is 0 Å². The average molecular weight is 290 g/mol. The second-order valence-corrected chi connectivity index (χ2v) is 6.08. The zero-order chi connectivity index (χ0) is 14.1. The molecule has 0 aromatic carbocycles. The molecule has 1 aliphatic heterocycles. The van der Waals surface area contributed by atoms with E-state index in [0.29, 0.717) is 12.4 Å². The van der Waals surface area contributed by atoms with Crippen LogP contribution in [-0.4, -0.2) is 34.4 Å². The second kappa shape index (κ2) is 5.36. The summed E-state index contributed by atoms with van der Waals surface area (Å²) in [6.07, 6.45) is 2.05. The molecule has 1 aliphatic rings. The van der Waals surface area contributed by atoms with Crippen LogP contribution in [0, 0.1) is 5.92 Å². The number of amides is 1. The van der Waals surface area contributed by atoms with Gasteiger partial charge in [0.05, 0.1) is 11.9 Å². The molecule has 0 saturated carbocycles. The number of carbonyl (C=O) groups excluding carboxylic acids is 1. The van der Waals surface area contributed by atoms with E-state index in [9.17, 15) is 4.79 Å². The Kier molecular flexibility index (Phi) is 3.56. The molecular formula is C14H18N4OS. The van der Waals surface area contributed by atoms with Crippen molar-refractivity contribution in [2.45, 2.75) is 26.3 Å². The number of rotatable bonds is 3. The zero-order valence-corrected chi connectivity index (χ0v) is 12.5. The standard InChI is InChI=1S/C14H18N4OS/c1-9-4-3-6-18(14(9)19)8-11-16-12(15-2)10-5-7-20-13(10)17-11/h5,7,9H,3-4,6,8H2,1-2H3,(H,15,16,17). The molecule has 1 N–H and O–H groups in total. The predicted molar refractivity (Wildman–Crippen MR) is 80.8 cm³/mol. The third kappa shape index (κ3) is 2.35. The molecule has 0 radical (unpaired) electrons. The van der Waals surface area contributed by atoms with Crippen LogP contribution < -0.4 is 5.32 Å². The third-order valence-corrected chi connectivity index (χ3v) is 4.55. The van der Waals surface area contributed by atoms with E-state index in [0.717, 1.165) is 35.4 Å². The highest BCUT2D eigenvalue weighted by Crippen LogP contribution is 2.26. The van der Waals surface area contributed by atoms with E-state index in [1.807, 2.05) is 30.3 Å². The van der Waals surface area contributed by atoms with E-state index in [2.05, 4.69) is 15.3 Å². The summed E-state index contributed by atoms with van der Waals surface area (Å²) in [7, 11) is 1.86. The monoisotopic (exact) mass is 290 g/mol. The average Bonchev–Trinajstić information content (AvgIpc) is 2.91. The van der Waals surface area contributed by atoms with Crippen molar-refractivity contribution in [3.8, 4) is 0 Å². The molecule has 5 nitrogen and oxygen atoms in total. The Morgan fingerprint density at radius 2 is 2.35 bits per heavy atom. The van der Waals surface area contributed by atoms with Crippen molar-refractivity contribution in [1.29, 1.82) is 0 Å². The van der Waals surface area contributed by atoms with Gasteiger partial charge in [-0.15, -0.1) is 11.3 Å². The normalized spacial score (nSPS) is 19.6. The van der Waals surface area contributed by atoms with E-state index in [4.69, 9.17) is 0 Å². The summed E-state index contributed by atoms with van der Waals surface area (Å²) in [5, 5.41) is 6.16. The quantitative estimate of drug-likeness (QED) is 0.943. The number of carbonyl (C=O) groups is 1. The van der Waals surface area contributed by atoms with Crippen LogP contribution in [0.1, 0.15) is 25.6 Å². The number of anilines is 1. The third-order valence-electron chi connectivity index (χ3n) is 3.74. The smallest absolute Gasteiger partial charge is 0.225 e. The lowest BCUT2D eigenvalue weighted by Gasteiger charge is -2.30. The van der Waals surface area contributed by atoms with Crippen LogP contribution in [0.25, 0.3) is 10.2 Å². The maximum atomic E-state index is 12.2. The number of nitrogens with zero attached hydrogens (tertiary/aromatic N) is 3. The van der Waals surface area contributed by atoms with Crippen molar-refractivity contribution >= 4 is 33.3 Å². The molecule has 1 saturated heterocycles. The number of thiophene rings is 1. The molecule has 1 fully saturated rings. The lowest BCUT2D eigenvalue weighted by molar-refractivity contribution is -0.138. The van der Waals surface area contributed by atoms with E-state index in [1.165, 1.54) is 0 Å². The van der Waals surface area contributed by atoms with Crippen LogP contribution in [0.15, 0.2) is 11.4 Å². The highest BCUT2D eigenvalue weighted by Gasteiger charge is 2.25. The fourth-order valence-corrected chi connectivity index (χ4v) is 3.41. The molecule has 2 aromatic heterocycles. The molecule has 0 spiro atoms. The van der Waals surface area contributed by atoms with Gasteiger partial charge in [0, 0.05) is 19.5 Å². The van der Waals surface area contributed by atoms with Crippen molar-refractivity contribution in [2.24, 2.45) is 5.92 Å². The van der Waals surface area contributed by atoms with Crippen molar-refractivity contribution in [3.63, 3.8) is 0 Å². The number of fused-ring (bicyclic) bond motifs is 1. The Labute approximate surface area is 122 Å². The first kappa shape index (κ1) is 13.3. The summed E-state index contributed by atoms with van der Waals surface area (Å²) < 4.78 is 0. The summed E-state index contributed by atoms with van der Waals surface area (Å²) in [5.74, 6) is 1.89. The molecule has 1 unspecified atom stereocenters. The number of piperidine rings is 1. The number of nitrogens with one attached hydrogen (secondary N) is 1. The Balaban J connectivity index is 1.88. The number of aromatic nitrogens is 2. The molecule has 0 aliphatic carbocycles. The van der Waals surface area contributed by atoms with Gasteiger partial charge in [0.2, 0.25) is 5.91 Å². The maximum absolute atomic E-state index is 12.2. The molecule has 106 valence electrons. The maximum Gasteiger partial charge on any atom is 0.225 e. The van der Waals surface area contributed by atoms with Gasteiger partial charge in [-0.1, -0.05) is 6.92 Å². The first-order valence-electron chi connectivity index (χ1n) is 6.89. The summed E-state index contributed by atoms with van der Waals surface area (Å²) >= 11 is 1.60. The largest absolute Gasteiger partial charge is 0.372 e. The van der Waals surface area contributed by atoms with E-state index in [1.54, 1.807) is 11.3 Å². The van der Waals surface area contributed by atoms with Crippen LogP contribution >= 0.6 is 11.3 Å². The SMILES string of the molecule is CNc1nc(CN2CCCC(C)C2=O)nc2sccc12. The summed E-state index contributed by atoms with van der Waals surface area (Å²) in [5.41, 5.74) is 0. The Bertz CT molecular complexity index is 639. The predicted octanol–water partition coefficient (Wildman–Crippen LogP) is 2.49. The Morgan fingerprint density at radius 1 is 1.50 bits per heavy atom. The van der Waals surface area contributed by atoms with Gasteiger partial charge in [0.15, 0.2) is 5.82 Å². The van der Waals surface area contributed by atoms with Crippen LogP contribution in [0.2, 0.25) is 0 Å². The minimum Gasteiger partial charge on any atom is -0.372 e. The van der Waals surface area contributed by atoms with Gasteiger partial charge in [-0.3, -0.25) is 4.79 Å². The molecule has 6 heteroatoms. The molecular weight excluding hydrogens is 272 g/mol. The van der Waals surface area contributed by atoms with Crippen LogP contribution in [-0.2, 0) is 11.3 Å². The van der Waals surface area contributed by atoms with Crippen molar-refractivity contribution in [3.05, 3.63) is 17.3 Å². The van der Waals surface area contributed by atoms with Gasteiger partial charge in [-0.25, -0.2) is 9.97 Å². The van der Waals surface area contributed by atoms with Gasteiger partial charge >= 0.3 is 0 Å². The molecule has 20 heavy (non-hydrogen) atoms. The molecule has 1 atom stereocenters. The van der Waals surface area contributed by atoms with E-state index in [-0.39, 0.29) is 11.8 Å². The van der Waals surface area contributed by atoms with Gasteiger partial charge < -0.3 is 10.2 Å². The van der Waals surface area contributed by atoms with Crippen LogP contribution in [0.3, 0.4) is 0 Å². The first-order valence-corrected chi connectivity index (χ1v) is 7.77. The fourth-order valence-electron chi connectivity index (χ4n) is 2.62. The molecule has 0 bridgehead atoms. The van der Waals surface area contributed by atoms with Crippen LogP contribution in [0.5, 0.6) is 0 Å². The molecule has 2 aromatic rings. The van der Waals surface area contributed by atoms with E-state index >= 15 is 0 Å². The molecule has 3 rings (SSSR count). The van der Waals surface area contributed by atoms with Crippen LogP contribution in [0.4, 0.5) is 5.82 Å². The molecule has 3 heterocycles. The van der Waals surface area contributed by atoms with Crippen molar-refractivity contribution in [1.82, 2.24) is 14.9 Å². The van der Waals surface area contributed by atoms with Crippen molar-refractivity contribution in [2.75, 3.05) is 18.9 Å². The number of hydrogen-bond donors (Lipinski definition) is 1. The lowest BCUT2D eigenvalue weighted by atomic mass is 9.99. The van der Waals surface area contributed by atoms with Gasteiger partial charge in [-0.05, 0) is 24.3 Å². The second-order valence-electron chi connectivity index (χ2n) is 5.18. The minimum atomic E-state index is 0.123. The fraction of sp³-hybridized carbons (Fsp3) is 0.500. The highest BCUT2D eigenvalue weighted by molar-refractivity contribution is 7.16. The lowest BCUT2D eigenvalue weighted by Crippen LogP contribution is -2.39.